The summed E-state index contributed by atoms with van der Waals surface area (Å²) in [6.45, 7) is 1.84. The maximum absolute atomic E-state index is 10.6. The molecule has 0 fully saturated rings. The van der Waals surface area contributed by atoms with Crippen LogP contribution in [-0.4, -0.2) is 22.7 Å². The SMILES string of the molecule is CC(=O)NCCc1ccc(CO)c(O)c1. The molecule has 0 saturated heterocycles. The van der Waals surface area contributed by atoms with Gasteiger partial charge in [0.1, 0.15) is 5.75 Å². The van der Waals surface area contributed by atoms with E-state index >= 15 is 0 Å². The number of benzene rings is 1. The van der Waals surface area contributed by atoms with Crippen molar-refractivity contribution in [1.82, 2.24) is 5.32 Å². The second-order valence-corrected chi connectivity index (χ2v) is 3.35. The smallest absolute Gasteiger partial charge is 0.216 e. The molecule has 0 spiro atoms. The van der Waals surface area contributed by atoms with Crippen molar-refractivity contribution >= 4 is 5.91 Å². The lowest BCUT2D eigenvalue weighted by Gasteiger charge is -2.05. The molecule has 3 N–H and O–H groups in total. The average molecular weight is 209 g/mol. The molecule has 82 valence electrons. The van der Waals surface area contributed by atoms with Crippen LogP contribution in [-0.2, 0) is 17.8 Å². The van der Waals surface area contributed by atoms with E-state index in [2.05, 4.69) is 5.32 Å². The minimum Gasteiger partial charge on any atom is -0.508 e. The normalized spacial score (nSPS) is 10.0. The Labute approximate surface area is 88.6 Å². The fraction of sp³-hybridized carbons (Fsp3) is 0.364. The lowest BCUT2D eigenvalue weighted by atomic mass is 10.1. The summed E-state index contributed by atoms with van der Waals surface area (Å²) in [6.07, 6.45) is 0.666. The van der Waals surface area contributed by atoms with Crippen molar-refractivity contribution in [2.45, 2.75) is 20.0 Å². The number of carbonyl (C=O) groups excluding carboxylic acids is 1. The van der Waals surface area contributed by atoms with E-state index in [0.717, 1.165) is 5.56 Å². The molecule has 1 rings (SSSR count). The highest BCUT2D eigenvalue weighted by Gasteiger charge is 2.01. The zero-order valence-electron chi connectivity index (χ0n) is 8.66. The van der Waals surface area contributed by atoms with Crippen molar-refractivity contribution in [3.05, 3.63) is 29.3 Å². The first-order chi connectivity index (χ1) is 7.13. The second kappa shape index (κ2) is 5.36. The van der Waals surface area contributed by atoms with Gasteiger partial charge in [0.05, 0.1) is 6.61 Å². The third kappa shape index (κ3) is 3.59. The monoisotopic (exact) mass is 209 g/mol. The average Bonchev–Trinajstić information content (AvgIpc) is 2.17. The first kappa shape index (κ1) is 11.5. The van der Waals surface area contributed by atoms with Crippen LogP contribution in [0, 0.1) is 0 Å². The van der Waals surface area contributed by atoms with Crippen LogP contribution in [0.5, 0.6) is 5.75 Å². The number of hydrogen-bond acceptors (Lipinski definition) is 3. The number of hydrogen-bond donors (Lipinski definition) is 3. The van der Waals surface area contributed by atoms with Crippen molar-refractivity contribution in [2.75, 3.05) is 6.54 Å². The zero-order valence-corrected chi connectivity index (χ0v) is 8.66. The van der Waals surface area contributed by atoms with Gasteiger partial charge in [-0.1, -0.05) is 12.1 Å². The van der Waals surface area contributed by atoms with E-state index in [0.29, 0.717) is 18.5 Å². The van der Waals surface area contributed by atoms with Crippen LogP contribution in [0.4, 0.5) is 0 Å². The number of rotatable bonds is 4. The molecule has 0 unspecified atom stereocenters. The van der Waals surface area contributed by atoms with Crippen LogP contribution in [0.3, 0.4) is 0 Å². The molecule has 0 aliphatic rings. The maximum atomic E-state index is 10.6. The Bertz CT molecular complexity index is 350. The van der Waals surface area contributed by atoms with Gasteiger partial charge < -0.3 is 15.5 Å². The van der Waals surface area contributed by atoms with Crippen molar-refractivity contribution in [3.8, 4) is 5.75 Å². The summed E-state index contributed by atoms with van der Waals surface area (Å²) in [5, 5.41) is 21.0. The summed E-state index contributed by atoms with van der Waals surface area (Å²) in [5.74, 6) is 0.0315. The Morgan fingerprint density at radius 2 is 2.20 bits per heavy atom. The molecule has 0 atom stereocenters. The molecule has 0 bridgehead atoms. The summed E-state index contributed by atoms with van der Waals surface area (Å²) in [6, 6.07) is 5.11. The number of nitrogens with one attached hydrogen (secondary N) is 1. The van der Waals surface area contributed by atoms with Gasteiger partial charge in [-0.05, 0) is 18.1 Å². The van der Waals surface area contributed by atoms with Crippen molar-refractivity contribution in [1.29, 1.82) is 0 Å². The molecular weight excluding hydrogens is 194 g/mol. The predicted molar refractivity (Wildman–Crippen MR) is 56.4 cm³/mol. The molecule has 0 radical (unpaired) electrons. The Balaban J connectivity index is 2.55. The van der Waals surface area contributed by atoms with Gasteiger partial charge in [0.25, 0.3) is 0 Å². The van der Waals surface area contributed by atoms with Gasteiger partial charge in [-0.15, -0.1) is 0 Å². The standard InChI is InChI=1S/C11H15NO3/c1-8(14)12-5-4-9-2-3-10(7-13)11(15)6-9/h2-3,6,13,15H,4-5,7H2,1H3,(H,12,14). The maximum Gasteiger partial charge on any atom is 0.216 e. The zero-order chi connectivity index (χ0) is 11.3. The first-order valence-corrected chi connectivity index (χ1v) is 4.79. The van der Waals surface area contributed by atoms with E-state index in [4.69, 9.17) is 5.11 Å². The topological polar surface area (TPSA) is 69.6 Å². The highest BCUT2D eigenvalue weighted by molar-refractivity contribution is 5.72. The molecule has 4 heteroatoms. The predicted octanol–water partition coefficient (Wildman–Crippen LogP) is 0.563. The third-order valence-electron chi connectivity index (χ3n) is 2.11. The highest BCUT2D eigenvalue weighted by atomic mass is 16.3. The van der Waals surface area contributed by atoms with Crippen molar-refractivity contribution < 1.29 is 15.0 Å². The fourth-order valence-corrected chi connectivity index (χ4v) is 1.28. The van der Waals surface area contributed by atoms with Gasteiger partial charge in [0.2, 0.25) is 5.91 Å². The summed E-state index contributed by atoms with van der Waals surface area (Å²) < 4.78 is 0. The Kier molecular flexibility index (Phi) is 4.12. The van der Waals surface area contributed by atoms with E-state index in [1.165, 1.54) is 6.92 Å². The van der Waals surface area contributed by atoms with E-state index in [-0.39, 0.29) is 18.3 Å². The summed E-state index contributed by atoms with van der Waals surface area (Å²) in [7, 11) is 0. The number of phenols is 1. The first-order valence-electron chi connectivity index (χ1n) is 4.79. The van der Waals surface area contributed by atoms with Crippen LogP contribution >= 0.6 is 0 Å². The lowest BCUT2D eigenvalue weighted by Crippen LogP contribution is -2.22. The number of aromatic hydroxyl groups is 1. The molecule has 0 aliphatic heterocycles. The van der Waals surface area contributed by atoms with Gasteiger partial charge >= 0.3 is 0 Å². The summed E-state index contributed by atoms with van der Waals surface area (Å²) in [5.41, 5.74) is 1.44. The molecular formula is C11H15NO3. The molecule has 4 nitrogen and oxygen atoms in total. The third-order valence-corrected chi connectivity index (χ3v) is 2.11. The van der Waals surface area contributed by atoms with Crippen molar-refractivity contribution in [2.24, 2.45) is 0 Å². The molecule has 1 aromatic rings. The molecule has 0 heterocycles. The Morgan fingerprint density at radius 1 is 1.47 bits per heavy atom. The molecule has 1 aromatic carbocycles. The van der Waals surface area contributed by atoms with Gasteiger partial charge in [0, 0.05) is 19.0 Å². The number of amides is 1. The minimum absolute atomic E-state index is 0.0637. The lowest BCUT2D eigenvalue weighted by molar-refractivity contribution is -0.118. The fourth-order valence-electron chi connectivity index (χ4n) is 1.28. The van der Waals surface area contributed by atoms with E-state index in [1.807, 2.05) is 6.07 Å². The van der Waals surface area contributed by atoms with E-state index in [1.54, 1.807) is 12.1 Å². The highest BCUT2D eigenvalue weighted by Crippen LogP contribution is 2.18. The number of aliphatic hydroxyl groups is 1. The van der Waals surface area contributed by atoms with Crippen LogP contribution in [0.25, 0.3) is 0 Å². The minimum atomic E-state index is -0.169. The Morgan fingerprint density at radius 3 is 2.73 bits per heavy atom. The number of carbonyl (C=O) groups is 1. The van der Waals surface area contributed by atoms with Crippen LogP contribution < -0.4 is 5.32 Å². The van der Waals surface area contributed by atoms with Crippen LogP contribution in [0.15, 0.2) is 18.2 Å². The van der Waals surface area contributed by atoms with Gasteiger partial charge in [0.15, 0.2) is 0 Å². The quantitative estimate of drug-likeness (QED) is 0.678. The molecule has 1 amide bonds. The molecule has 0 aliphatic carbocycles. The van der Waals surface area contributed by atoms with Crippen molar-refractivity contribution in [3.63, 3.8) is 0 Å². The second-order valence-electron chi connectivity index (χ2n) is 3.35. The van der Waals surface area contributed by atoms with Gasteiger partial charge in [-0.2, -0.15) is 0 Å². The molecule has 0 saturated carbocycles. The van der Waals surface area contributed by atoms with Gasteiger partial charge in [-0.25, -0.2) is 0 Å². The van der Waals surface area contributed by atoms with Gasteiger partial charge in [-0.3, -0.25) is 4.79 Å². The summed E-state index contributed by atoms with van der Waals surface area (Å²) in [4.78, 5) is 10.6. The van der Waals surface area contributed by atoms with Crippen LogP contribution in [0.1, 0.15) is 18.1 Å². The number of aliphatic hydroxyl groups excluding tert-OH is 1. The summed E-state index contributed by atoms with van der Waals surface area (Å²) >= 11 is 0. The molecule has 15 heavy (non-hydrogen) atoms. The van der Waals surface area contributed by atoms with E-state index in [9.17, 15) is 9.90 Å². The largest absolute Gasteiger partial charge is 0.508 e. The molecule has 0 aromatic heterocycles. The van der Waals surface area contributed by atoms with Crippen LogP contribution in [0.2, 0.25) is 0 Å². The van der Waals surface area contributed by atoms with E-state index < -0.39 is 0 Å². The Hall–Kier alpha value is -1.55.